The molecule has 0 radical (unpaired) electrons. The molecule has 0 aliphatic heterocycles. The Bertz CT molecular complexity index is 697. The molecule has 0 atom stereocenters. The Morgan fingerprint density at radius 2 is 1.70 bits per heavy atom. The van der Waals surface area contributed by atoms with Crippen molar-refractivity contribution >= 4 is 34.7 Å². The number of nitrogens with one attached hydrogen (secondary N) is 1. The van der Waals surface area contributed by atoms with Crippen molar-refractivity contribution in [2.24, 2.45) is 0 Å². The van der Waals surface area contributed by atoms with E-state index in [0.29, 0.717) is 5.69 Å². The zero-order chi connectivity index (χ0) is 14.8. The maximum Gasteiger partial charge on any atom is 0.261 e. The van der Waals surface area contributed by atoms with Crippen LogP contribution in [0.2, 0.25) is 0 Å². The molecule has 0 fully saturated rings. The molecule has 2 rings (SSSR count). The van der Waals surface area contributed by atoms with Crippen LogP contribution in [0.4, 0.5) is 11.4 Å². The molecule has 4 nitrogen and oxygen atoms in total. The smallest absolute Gasteiger partial charge is 0.261 e. The predicted octanol–water partition coefficient (Wildman–Crippen LogP) is 0.812. The second kappa shape index (κ2) is 5.59. The molecule has 2 aromatic carbocycles. The van der Waals surface area contributed by atoms with Crippen molar-refractivity contribution in [1.82, 2.24) is 0 Å². The third-order valence-electron chi connectivity index (χ3n) is 2.94. The number of hydrogen-bond donors (Lipinski definition) is 1. The molecule has 0 spiro atoms. The highest BCUT2D eigenvalue weighted by molar-refractivity contribution is 7.92. The second-order valence-electron chi connectivity index (χ2n) is 4.86. The molecule has 0 aliphatic carbocycles. The van der Waals surface area contributed by atoms with Crippen molar-refractivity contribution in [3.05, 3.63) is 48.5 Å². The molecule has 0 saturated carbocycles. The number of hydrogen-bond acceptors (Lipinski definition) is 3. The zero-order valence-corrected chi connectivity index (χ0v) is 12.6. The van der Waals surface area contributed by atoms with Gasteiger partial charge >= 0.3 is 0 Å². The monoisotopic (exact) mass is 288 g/mol. The molecule has 20 heavy (non-hydrogen) atoms. The highest BCUT2D eigenvalue weighted by atomic mass is 32.2. The maximum absolute atomic E-state index is 12.3. The summed E-state index contributed by atoms with van der Waals surface area (Å²) in [5.41, 5.74) is 2.48. The van der Waals surface area contributed by atoms with Crippen molar-refractivity contribution in [2.45, 2.75) is 4.90 Å². The SMILES string of the molecule is Bc1cccc(S(=O)(=O)Nc2ccc(N(C)C)cc2)c1. The molecular formula is C14H17BN2O2S. The number of sulfonamides is 1. The summed E-state index contributed by atoms with van der Waals surface area (Å²) in [5, 5.41) is 0. The fraction of sp³-hybridized carbons (Fsp3) is 0.143. The summed E-state index contributed by atoms with van der Waals surface area (Å²) >= 11 is 0. The van der Waals surface area contributed by atoms with Gasteiger partial charge in [0.2, 0.25) is 0 Å². The molecule has 0 amide bonds. The lowest BCUT2D eigenvalue weighted by molar-refractivity contribution is 0.601. The molecule has 0 bridgehead atoms. The van der Waals surface area contributed by atoms with Crippen LogP contribution in [0.3, 0.4) is 0 Å². The third kappa shape index (κ3) is 3.33. The van der Waals surface area contributed by atoms with Gasteiger partial charge in [0, 0.05) is 25.5 Å². The Labute approximate surface area is 120 Å². The van der Waals surface area contributed by atoms with Crippen LogP contribution in [0.15, 0.2) is 53.4 Å². The standard InChI is InChI=1S/C14H17BN2O2S/c1-17(2)13-8-6-12(7-9-13)16-20(18,19)14-5-3-4-11(15)10-14/h3-10,16H,15H2,1-2H3. The molecule has 0 aliphatic rings. The van der Waals surface area contributed by atoms with E-state index in [-0.39, 0.29) is 4.90 Å². The van der Waals surface area contributed by atoms with Crippen LogP contribution < -0.4 is 15.1 Å². The maximum atomic E-state index is 12.3. The van der Waals surface area contributed by atoms with Crippen molar-refractivity contribution in [3.63, 3.8) is 0 Å². The quantitative estimate of drug-likeness (QED) is 0.847. The third-order valence-corrected chi connectivity index (χ3v) is 4.31. The van der Waals surface area contributed by atoms with Crippen LogP contribution in [0.5, 0.6) is 0 Å². The van der Waals surface area contributed by atoms with Crippen LogP contribution in [0, 0.1) is 0 Å². The number of benzene rings is 2. The Morgan fingerprint density at radius 3 is 2.25 bits per heavy atom. The minimum atomic E-state index is -3.53. The van der Waals surface area contributed by atoms with Crippen LogP contribution in [0.25, 0.3) is 0 Å². The highest BCUT2D eigenvalue weighted by Gasteiger charge is 2.13. The Balaban J connectivity index is 2.24. The van der Waals surface area contributed by atoms with Gasteiger partial charge in [0.15, 0.2) is 0 Å². The zero-order valence-electron chi connectivity index (χ0n) is 11.8. The first-order chi connectivity index (χ1) is 9.38. The molecule has 0 aromatic heterocycles. The van der Waals surface area contributed by atoms with E-state index in [0.717, 1.165) is 11.2 Å². The molecule has 104 valence electrons. The van der Waals surface area contributed by atoms with Crippen molar-refractivity contribution in [3.8, 4) is 0 Å². The predicted molar refractivity (Wildman–Crippen MR) is 86.2 cm³/mol. The summed E-state index contributed by atoms with van der Waals surface area (Å²) in [5.74, 6) is 0. The van der Waals surface area contributed by atoms with E-state index >= 15 is 0 Å². The van der Waals surface area contributed by atoms with Crippen LogP contribution in [-0.4, -0.2) is 30.4 Å². The molecule has 0 heterocycles. The van der Waals surface area contributed by atoms with E-state index in [1.807, 2.05) is 45.0 Å². The number of anilines is 2. The molecular weight excluding hydrogens is 271 g/mol. The fourth-order valence-corrected chi connectivity index (χ4v) is 2.99. The minimum absolute atomic E-state index is 0.272. The summed E-state index contributed by atoms with van der Waals surface area (Å²) in [6, 6.07) is 14.1. The summed E-state index contributed by atoms with van der Waals surface area (Å²) < 4.78 is 27.1. The lowest BCUT2D eigenvalue weighted by atomic mass is 9.97. The van der Waals surface area contributed by atoms with Gasteiger partial charge in [0.25, 0.3) is 10.0 Å². The molecule has 0 unspecified atom stereocenters. The lowest BCUT2D eigenvalue weighted by Gasteiger charge is -2.13. The van der Waals surface area contributed by atoms with E-state index < -0.39 is 10.0 Å². The van der Waals surface area contributed by atoms with Gasteiger partial charge in [-0.3, -0.25) is 4.72 Å². The Morgan fingerprint density at radius 1 is 1.05 bits per heavy atom. The second-order valence-corrected chi connectivity index (χ2v) is 6.55. The summed E-state index contributed by atoms with van der Waals surface area (Å²) in [6.45, 7) is 0. The topological polar surface area (TPSA) is 49.4 Å². The largest absolute Gasteiger partial charge is 0.378 e. The van der Waals surface area contributed by atoms with E-state index in [9.17, 15) is 8.42 Å². The average Bonchev–Trinajstić information content (AvgIpc) is 2.39. The number of nitrogens with zero attached hydrogens (tertiary/aromatic N) is 1. The van der Waals surface area contributed by atoms with E-state index in [1.54, 1.807) is 30.3 Å². The van der Waals surface area contributed by atoms with Gasteiger partial charge in [-0.25, -0.2) is 8.42 Å². The van der Waals surface area contributed by atoms with E-state index in [2.05, 4.69) is 4.72 Å². The van der Waals surface area contributed by atoms with E-state index in [4.69, 9.17) is 0 Å². The van der Waals surface area contributed by atoms with Crippen molar-refractivity contribution in [1.29, 1.82) is 0 Å². The molecule has 0 saturated heterocycles. The summed E-state index contributed by atoms with van der Waals surface area (Å²) in [6.07, 6.45) is 0. The van der Waals surface area contributed by atoms with Gasteiger partial charge in [0.05, 0.1) is 4.90 Å². The van der Waals surface area contributed by atoms with Gasteiger partial charge < -0.3 is 4.90 Å². The molecule has 2 aromatic rings. The number of rotatable bonds is 4. The van der Waals surface area contributed by atoms with Gasteiger partial charge in [-0.15, -0.1) is 0 Å². The van der Waals surface area contributed by atoms with Gasteiger partial charge in [0.1, 0.15) is 7.85 Å². The first-order valence-electron chi connectivity index (χ1n) is 6.25. The summed E-state index contributed by atoms with van der Waals surface area (Å²) in [7, 11) is 2.21. The van der Waals surface area contributed by atoms with Gasteiger partial charge in [-0.2, -0.15) is 0 Å². The van der Waals surface area contributed by atoms with Crippen molar-refractivity contribution in [2.75, 3.05) is 23.7 Å². The van der Waals surface area contributed by atoms with Crippen molar-refractivity contribution < 1.29 is 8.42 Å². The van der Waals surface area contributed by atoms with Gasteiger partial charge in [-0.05, 0) is 36.4 Å². The first kappa shape index (κ1) is 14.5. The van der Waals surface area contributed by atoms with Gasteiger partial charge in [-0.1, -0.05) is 17.6 Å². The normalized spacial score (nSPS) is 11.1. The minimum Gasteiger partial charge on any atom is -0.378 e. The highest BCUT2D eigenvalue weighted by Crippen LogP contribution is 2.19. The lowest BCUT2D eigenvalue weighted by Crippen LogP contribution is -2.15. The molecule has 1 N–H and O–H groups in total. The Kier molecular flexibility index (Phi) is 4.04. The van der Waals surface area contributed by atoms with Crippen LogP contribution >= 0.6 is 0 Å². The van der Waals surface area contributed by atoms with Crippen LogP contribution in [0.1, 0.15) is 0 Å². The van der Waals surface area contributed by atoms with Crippen LogP contribution in [-0.2, 0) is 10.0 Å². The molecule has 6 heteroatoms. The summed E-state index contributed by atoms with van der Waals surface area (Å²) in [4.78, 5) is 2.23. The fourth-order valence-electron chi connectivity index (χ4n) is 1.82. The average molecular weight is 288 g/mol. The van der Waals surface area contributed by atoms with E-state index in [1.165, 1.54) is 0 Å². The Hall–Kier alpha value is -1.95. The first-order valence-corrected chi connectivity index (χ1v) is 7.74.